The van der Waals surface area contributed by atoms with E-state index in [1.807, 2.05) is 6.92 Å². The number of hydrogen-bond acceptors (Lipinski definition) is 4. The molecule has 0 aliphatic rings. The van der Waals surface area contributed by atoms with E-state index < -0.39 is 11.6 Å². The van der Waals surface area contributed by atoms with Gasteiger partial charge in [0, 0.05) is 6.07 Å². The Morgan fingerprint density at radius 2 is 2.35 bits per heavy atom. The van der Waals surface area contributed by atoms with Crippen molar-refractivity contribution in [3.05, 3.63) is 11.8 Å². The number of carbonyl (C=O) groups is 1. The second kappa shape index (κ2) is 5.67. The normalized spacial score (nSPS) is 14.1. The lowest BCUT2D eigenvalue weighted by Gasteiger charge is -2.28. The number of aromatic nitrogens is 1. The van der Waals surface area contributed by atoms with E-state index in [1.54, 1.807) is 19.9 Å². The lowest BCUT2D eigenvalue weighted by molar-refractivity contribution is 0.167. The van der Waals surface area contributed by atoms with Gasteiger partial charge in [0.25, 0.3) is 0 Å². The van der Waals surface area contributed by atoms with Gasteiger partial charge in [0.15, 0.2) is 5.82 Å². The van der Waals surface area contributed by atoms with E-state index in [0.29, 0.717) is 18.0 Å². The highest BCUT2D eigenvalue weighted by Crippen LogP contribution is 2.12. The number of aliphatic hydroxyl groups is 1. The molecule has 17 heavy (non-hydrogen) atoms. The van der Waals surface area contributed by atoms with E-state index in [-0.39, 0.29) is 6.61 Å². The summed E-state index contributed by atoms with van der Waals surface area (Å²) < 4.78 is 4.83. The smallest absolute Gasteiger partial charge is 0.320 e. The molecule has 6 heteroatoms. The second-order valence-corrected chi connectivity index (χ2v) is 4.37. The number of nitrogens with zero attached hydrogens (tertiary/aromatic N) is 1. The average molecular weight is 241 g/mol. The molecule has 1 aromatic heterocycles. The molecule has 0 aromatic carbocycles. The Kier molecular flexibility index (Phi) is 4.51. The van der Waals surface area contributed by atoms with Crippen molar-refractivity contribution in [3.8, 4) is 0 Å². The van der Waals surface area contributed by atoms with Gasteiger partial charge in [-0.3, -0.25) is 5.32 Å². The molecule has 0 spiro atoms. The highest BCUT2D eigenvalue weighted by Gasteiger charge is 2.24. The van der Waals surface area contributed by atoms with Crippen LogP contribution in [-0.4, -0.2) is 28.4 Å². The highest BCUT2D eigenvalue weighted by molar-refractivity contribution is 5.88. The highest BCUT2D eigenvalue weighted by atomic mass is 16.5. The summed E-state index contributed by atoms with van der Waals surface area (Å²) in [6.07, 6.45) is 1.58. The van der Waals surface area contributed by atoms with Crippen LogP contribution in [0.2, 0.25) is 0 Å². The number of amides is 2. The summed E-state index contributed by atoms with van der Waals surface area (Å²) >= 11 is 0. The molecular formula is C11H19N3O3. The van der Waals surface area contributed by atoms with Crippen molar-refractivity contribution in [1.82, 2.24) is 10.5 Å². The fraction of sp³-hybridized carbons (Fsp3) is 0.636. The van der Waals surface area contributed by atoms with Crippen molar-refractivity contribution >= 4 is 11.8 Å². The molecule has 0 radical (unpaired) electrons. The number of nitrogens with one attached hydrogen (secondary N) is 2. The topological polar surface area (TPSA) is 87.4 Å². The molecule has 0 saturated carbocycles. The number of hydrogen-bond donors (Lipinski definition) is 3. The fourth-order valence-corrected chi connectivity index (χ4v) is 1.58. The van der Waals surface area contributed by atoms with Gasteiger partial charge in [-0.05, 0) is 20.3 Å². The van der Waals surface area contributed by atoms with Gasteiger partial charge in [-0.15, -0.1) is 0 Å². The van der Waals surface area contributed by atoms with Crippen LogP contribution in [0, 0.1) is 6.92 Å². The molecule has 0 saturated heterocycles. The summed E-state index contributed by atoms with van der Waals surface area (Å²) in [5, 5.41) is 18.2. The van der Waals surface area contributed by atoms with Crippen LogP contribution in [0.3, 0.4) is 0 Å². The van der Waals surface area contributed by atoms with Gasteiger partial charge in [0.05, 0.1) is 12.1 Å². The zero-order valence-corrected chi connectivity index (χ0v) is 10.4. The van der Waals surface area contributed by atoms with Crippen molar-refractivity contribution in [2.24, 2.45) is 0 Å². The summed E-state index contributed by atoms with van der Waals surface area (Å²) in [5.74, 6) is 0.982. The van der Waals surface area contributed by atoms with E-state index in [1.165, 1.54) is 0 Å². The molecule has 6 nitrogen and oxygen atoms in total. The van der Waals surface area contributed by atoms with Crippen LogP contribution in [0.25, 0.3) is 0 Å². The number of aliphatic hydroxyl groups excluding tert-OH is 1. The zero-order valence-electron chi connectivity index (χ0n) is 10.4. The number of anilines is 1. The molecule has 1 rings (SSSR count). The van der Waals surface area contributed by atoms with E-state index >= 15 is 0 Å². The maximum absolute atomic E-state index is 11.7. The Morgan fingerprint density at radius 1 is 1.65 bits per heavy atom. The maximum Gasteiger partial charge on any atom is 0.320 e. The van der Waals surface area contributed by atoms with Crippen LogP contribution in [0.1, 0.15) is 32.4 Å². The van der Waals surface area contributed by atoms with Crippen LogP contribution in [-0.2, 0) is 0 Å². The first kappa shape index (κ1) is 13.5. The minimum atomic E-state index is -0.613. The first-order chi connectivity index (χ1) is 7.99. The van der Waals surface area contributed by atoms with Crippen LogP contribution in [0.15, 0.2) is 10.6 Å². The summed E-state index contributed by atoms with van der Waals surface area (Å²) in [5.41, 5.74) is -0.613. The van der Waals surface area contributed by atoms with Crippen molar-refractivity contribution < 1.29 is 14.4 Å². The van der Waals surface area contributed by atoms with Gasteiger partial charge >= 0.3 is 6.03 Å². The largest absolute Gasteiger partial charge is 0.394 e. The molecule has 2 amide bonds. The number of rotatable bonds is 5. The van der Waals surface area contributed by atoms with Crippen molar-refractivity contribution in [3.63, 3.8) is 0 Å². The lowest BCUT2D eigenvalue weighted by atomic mass is 9.98. The van der Waals surface area contributed by atoms with Crippen LogP contribution < -0.4 is 10.6 Å². The molecular weight excluding hydrogens is 222 g/mol. The molecule has 1 heterocycles. The van der Waals surface area contributed by atoms with Gasteiger partial charge in [-0.25, -0.2) is 4.79 Å². The molecule has 0 unspecified atom stereocenters. The lowest BCUT2D eigenvalue weighted by Crippen LogP contribution is -2.50. The maximum atomic E-state index is 11.7. The van der Waals surface area contributed by atoms with Crippen LogP contribution in [0.4, 0.5) is 10.6 Å². The standard InChI is InChI=1S/C11H19N3O3/c1-4-5-11(3,7-15)13-10(16)12-9-6-8(2)17-14-9/h6,15H,4-5,7H2,1-3H3,(H2,12,13,14,16)/t11-/m0/s1. The molecule has 96 valence electrons. The summed E-state index contributed by atoms with van der Waals surface area (Å²) in [6, 6.07) is 1.22. The number of aryl methyl sites for hydroxylation is 1. The van der Waals surface area contributed by atoms with Gasteiger partial charge in [0.2, 0.25) is 0 Å². The van der Waals surface area contributed by atoms with Crippen LogP contribution in [0.5, 0.6) is 0 Å². The average Bonchev–Trinajstić information content (AvgIpc) is 2.64. The fourth-order valence-electron chi connectivity index (χ4n) is 1.58. The predicted octanol–water partition coefficient (Wildman–Crippen LogP) is 1.66. The SMILES string of the molecule is CCC[C@@](C)(CO)NC(=O)Nc1cc(C)on1. The third-order valence-corrected chi connectivity index (χ3v) is 2.44. The van der Waals surface area contributed by atoms with E-state index in [9.17, 15) is 9.90 Å². The molecule has 0 aliphatic heterocycles. The van der Waals surface area contributed by atoms with Gasteiger partial charge in [0.1, 0.15) is 5.76 Å². The van der Waals surface area contributed by atoms with Crippen molar-refractivity contribution in [2.45, 2.75) is 39.2 Å². The van der Waals surface area contributed by atoms with Gasteiger partial charge < -0.3 is 14.9 Å². The molecule has 0 fully saturated rings. The van der Waals surface area contributed by atoms with E-state index in [4.69, 9.17) is 4.52 Å². The van der Waals surface area contributed by atoms with Gasteiger partial charge in [-0.1, -0.05) is 18.5 Å². The summed E-state index contributed by atoms with van der Waals surface area (Å²) in [4.78, 5) is 11.7. The summed E-state index contributed by atoms with van der Waals surface area (Å²) in [6.45, 7) is 5.43. The minimum Gasteiger partial charge on any atom is -0.394 e. The first-order valence-corrected chi connectivity index (χ1v) is 5.62. The minimum absolute atomic E-state index is 0.105. The second-order valence-electron chi connectivity index (χ2n) is 4.37. The molecule has 1 atom stereocenters. The Morgan fingerprint density at radius 3 is 2.82 bits per heavy atom. The zero-order chi connectivity index (χ0) is 12.9. The third kappa shape index (κ3) is 4.07. The quantitative estimate of drug-likeness (QED) is 0.731. The number of carbonyl (C=O) groups excluding carboxylic acids is 1. The van der Waals surface area contributed by atoms with Gasteiger partial charge in [-0.2, -0.15) is 0 Å². The van der Waals surface area contributed by atoms with E-state index in [2.05, 4.69) is 15.8 Å². The molecule has 3 N–H and O–H groups in total. The van der Waals surface area contributed by atoms with Crippen LogP contribution >= 0.6 is 0 Å². The molecule has 0 aliphatic carbocycles. The third-order valence-electron chi connectivity index (χ3n) is 2.44. The monoisotopic (exact) mass is 241 g/mol. The van der Waals surface area contributed by atoms with E-state index in [0.717, 1.165) is 6.42 Å². The predicted molar refractivity (Wildman–Crippen MR) is 63.8 cm³/mol. The first-order valence-electron chi connectivity index (χ1n) is 5.62. The number of urea groups is 1. The Bertz CT molecular complexity index is 378. The van der Waals surface area contributed by atoms with Crippen molar-refractivity contribution in [2.75, 3.05) is 11.9 Å². The molecule has 1 aromatic rings. The van der Waals surface area contributed by atoms with Crippen molar-refractivity contribution in [1.29, 1.82) is 0 Å². The Labute approximate surface area is 100 Å². The summed E-state index contributed by atoms with van der Waals surface area (Å²) in [7, 11) is 0. The Balaban J connectivity index is 2.53. The Hall–Kier alpha value is -1.56. The molecule has 0 bridgehead atoms.